The molecule has 0 unspecified atom stereocenters. The normalized spacial score (nSPS) is 13.3. The van der Waals surface area contributed by atoms with Crippen molar-refractivity contribution in [2.75, 3.05) is 0 Å². The standard InChI is InChI=1S/C17H18.4C2H6/c1-3-9-15(10-4-1)17(13-7-8-14-17)16-11-5-2-6-12-16;4*1-2/h1-6,9-12H,7-8,13-14H2;4*1-2H3. The average molecular weight is 343 g/mol. The molecule has 0 amide bonds. The summed E-state index contributed by atoms with van der Waals surface area (Å²) in [6.45, 7) is 16.0. The molecule has 0 atom stereocenters. The molecule has 0 N–H and O–H groups in total. The molecule has 0 bridgehead atoms. The van der Waals surface area contributed by atoms with Gasteiger partial charge < -0.3 is 0 Å². The van der Waals surface area contributed by atoms with Crippen LogP contribution < -0.4 is 0 Å². The fourth-order valence-corrected chi connectivity index (χ4v) is 3.24. The summed E-state index contributed by atoms with van der Waals surface area (Å²) >= 11 is 0. The molecule has 25 heavy (non-hydrogen) atoms. The average Bonchev–Trinajstić information content (AvgIpc) is 3.26. The Kier molecular flexibility index (Phi) is 17.7. The molecule has 2 aromatic rings. The first-order valence-electron chi connectivity index (χ1n) is 10.5. The van der Waals surface area contributed by atoms with Gasteiger partial charge >= 0.3 is 0 Å². The van der Waals surface area contributed by atoms with Crippen molar-refractivity contribution >= 4 is 0 Å². The zero-order valence-corrected chi connectivity index (χ0v) is 18.1. The molecule has 0 radical (unpaired) electrons. The third-order valence-corrected chi connectivity index (χ3v) is 4.11. The van der Waals surface area contributed by atoms with Crippen LogP contribution >= 0.6 is 0 Å². The van der Waals surface area contributed by atoms with Gasteiger partial charge in [-0.05, 0) is 24.0 Å². The molecule has 0 aromatic heterocycles. The number of rotatable bonds is 2. The van der Waals surface area contributed by atoms with Gasteiger partial charge in [0, 0.05) is 5.41 Å². The highest BCUT2D eigenvalue weighted by Crippen LogP contribution is 2.46. The Hall–Kier alpha value is -1.56. The largest absolute Gasteiger partial charge is 0.0683 e. The summed E-state index contributed by atoms with van der Waals surface area (Å²) in [6, 6.07) is 22.0. The summed E-state index contributed by atoms with van der Waals surface area (Å²) in [6.07, 6.45) is 5.29. The van der Waals surface area contributed by atoms with E-state index >= 15 is 0 Å². The van der Waals surface area contributed by atoms with Gasteiger partial charge in [-0.25, -0.2) is 0 Å². The van der Waals surface area contributed by atoms with Crippen molar-refractivity contribution in [3.63, 3.8) is 0 Å². The molecule has 0 heteroatoms. The molecular formula is C25H42. The first kappa shape index (κ1) is 25.7. The fraction of sp³-hybridized carbons (Fsp3) is 0.520. The lowest BCUT2D eigenvalue weighted by Gasteiger charge is -2.30. The molecule has 0 aliphatic heterocycles. The third-order valence-electron chi connectivity index (χ3n) is 4.11. The van der Waals surface area contributed by atoms with Crippen LogP contribution in [0.5, 0.6) is 0 Å². The van der Waals surface area contributed by atoms with E-state index < -0.39 is 0 Å². The summed E-state index contributed by atoms with van der Waals surface area (Å²) in [5, 5.41) is 0. The smallest absolute Gasteiger partial charge is 0.0202 e. The van der Waals surface area contributed by atoms with Crippen molar-refractivity contribution in [2.45, 2.75) is 86.5 Å². The maximum Gasteiger partial charge on any atom is 0.0202 e. The third kappa shape index (κ3) is 7.46. The van der Waals surface area contributed by atoms with Crippen LogP contribution in [-0.4, -0.2) is 0 Å². The summed E-state index contributed by atoms with van der Waals surface area (Å²) in [4.78, 5) is 0. The molecular weight excluding hydrogens is 300 g/mol. The van der Waals surface area contributed by atoms with Gasteiger partial charge in [0.15, 0.2) is 0 Å². The van der Waals surface area contributed by atoms with Crippen LogP contribution in [0.4, 0.5) is 0 Å². The predicted octanol–water partition coefficient (Wildman–Crippen LogP) is 8.65. The van der Waals surface area contributed by atoms with E-state index in [4.69, 9.17) is 0 Å². The van der Waals surface area contributed by atoms with E-state index in [1.807, 2.05) is 55.4 Å². The summed E-state index contributed by atoms with van der Waals surface area (Å²) < 4.78 is 0. The zero-order chi connectivity index (χ0) is 19.6. The van der Waals surface area contributed by atoms with E-state index in [-0.39, 0.29) is 5.41 Å². The minimum absolute atomic E-state index is 0.280. The van der Waals surface area contributed by atoms with Crippen molar-refractivity contribution in [1.29, 1.82) is 0 Å². The van der Waals surface area contributed by atoms with E-state index in [0.29, 0.717) is 0 Å². The van der Waals surface area contributed by atoms with Crippen molar-refractivity contribution < 1.29 is 0 Å². The SMILES string of the molecule is CC.CC.CC.CC.c1ccc(C2(c3ccccc3)CCCC2)cc1. The number of hydrogen-bond donors (Lipinski definition) is 0. The Morgan fingerprint density at radius 3 is 1.04 bits per heavy atom. The fourth-order valence-electron chi connectivity index (χ4n) is 3.24. The van der Waals surface area contributed by atoms with Gasteiger partial charge in [-0.15, -0.1) is 0 Å². The van der Waals surface area contributed by atoms with Crippen LogP contribution in [0.3, 0.4) is 0 Å². The maximum atomic E-state index is 2.29. The molecule has 1 fully saturated rings. The first-order chi connectivity index (χ1) is 12.4. The second-order valence-corrected chi connectivity index (χ2v) is 5.02. The van der Waals surface area contributed by atoms with Gasteiger partial charge in [0.25, 0.3) is 0 Å². The van der Waals surface area contributed by atoms with Crippen LogP contribution in [-0.2, 0) is 5.41 Å². The zero-order valence-electron chi connectivity index (χ0n) is 18.1. The quantitative estimate of drug-likeness (QED) is 0.512. The highest BCUT2D eigenvalue weighted by atomic mass is 14.4. The van der Waals surface area contributed by atoms with Gasteiger partial charge in [0.1, 0.15) is 0 Å². The molecule has 3 rings (SSSR count). The van der Waals surface area contributed by atoms with Crippen molar-refractivity contribution in [1.82, 2.24) is 0 Å². The minimum atomic E-state index is 0.280. The Balaban J connectivity index is 0. The summed E-state index contributed by atoms with van der Waals surface area (Å²) in [7, 11) is 0. The van der Waals surface area contributed by atoms with E-state index in [2.05, 4.69) is 60.7 Å². The Morgan fingerprint density at radius 1 is 0.480 bits per heavy atom. The van der Waals surface area contributed by atoms with Gasteiger partial charge in [-0.3, -0.25) is 0 Å². The molecule has 0 heterocycles. The maximum absolute atomic E-state index is 2.29. The van der Waals surface area contributed by atoms with Crippen LogP contribution in [0.2, 0.25) is 0 Å². The monoisotopic (exact) mass is 342 g/mol. The van der Waals surface area contributed by atoms with Crippen LogP contribution in [0.25, 0.3) is 0 Å². The Bertz CT molecular complexity index is 422. The molecule has 0 saturated heterocycles. The first-order valence-corrected chi connectivity index (χ1v) is 10.5. The summed E-state index contributed by atoms with van der Waals surface area (Å²) in [5.41, 5.74) is 3.26. The van der Waals surface area contributed by atoms with Crippen LogP contribution in [0.15, 0.2) is 60.7 Å². The van der Waals surface area contributed by atoms with Crippen LogP contribution in [0, 0.1) is 0 Å². The molecule has 0 spiro atoms. The molecule has 0 nitrogen and oxygen atoms in total. The van der Waals surface area contributed by atoms with E-state index in [1.54, 1.807) is 0 Å². The predicted molar refractivity (Wildman–Crippen MR) is 118 cm³/mol. The molecule has 142 valence electrons. The number of benzene rings is 2. The molecule has 1 saturated carbocycles. The Labute approximate surface area is 158 Å². The van der Waals surface area contributed by atoms with Crippen molar-refractivity contribution in [3.8, 4) is 0 Å². The van der Waals surface area contributed by atoms with Gasteiger partial charge in [-0.2, -0.15) is 0 Å². The van der Waals surface area contributed by atoms with Gasteiger partial charge in [0.2, 0.25) is 0 Å². The minimum Gasteiger partial charge on any atom is -0.0683 e. The molecule has 2 aromatic carbocycles. The molecule has 1 aliphatic rings. The van der Waals surface area contributed by atoms with Gasteiger partial charge in [0.05, 0.1) is 0 Å². The van der Waals surface area contributed by atoms with Crippen molar-refractivity contribution in [2.24, 2.45) is 0 Å². The molecule has 1 aliphatic carbocycles. The lowest BCUT2D eigenvalue weighted by molar-refractivity contribution is 0.535. The van der Waals surface area contributed by atoms with Gasteiger partial charge in [-0.1, -0.05) is 129 Å². The van der Waals surface area contributed by atoms with E-state index in [0.717, 1.165) is 0 Å². The Morgan fingerprint density at radius 2 is 0.760 bits per heavy atom. The lowest BCUT2D eigenvalue weighted by atomic mass is 9.73. The summed E-state index contributed by atoms with van der Waals surface area (Å²) in [5.74, 6) is 0. The highest BCUT2D eigenvalue weighted by Gasteiger charge is 2.36. The number of hydrogen-bond acceptors (Lipinski definition) is 0. The highest BCUT2D eigenvalue weighted by molar-refractivity contribution is 5.40. The second-order valence-electron chi connectivity index (χ2n) is 5.02. The van der Waals surface area contributed by atoms with Crippen molar-refractivity contribution in [3.05, 3.63) is 71.8 Å². The lowest BCUT2D eigenvalue weighted by Crippen LogP contribution is -2.23. The second kappa shape index (κ2) is 17.3. The van der Waals surface area contributed by atoms with Crippen LogP contribution in [0.1, 0.15) is 92.2 Å². The van der Waals surface area contributed by atoms with E-state index in [9.17, 15) is 0 Å². The topological polar surface area (TPSA) is 0 Å². The van der Waals surface area contributed by atoms with E-state index in [1.165, 1.54) is 36.8 Å².